The summed E-state index contributed by atoms with van der Waals surface area (Å²) in [6, 6.07) is 3.66. The molecule has 11 heavy (non-hydrogen) atoms. The molecule has 0 fully saturated rings. The van der Waals surface area contributed by atoms with Crippen molar-refractivity contribution < 1.29 is 14.7 Å². The Bertz CT molecular complexity index is 248. The Morgan fingerprint density at radius 3 is 2.73 bits per heavy atom. The normalized spacial score (nSPS) is 9.64. The lowest BCUT2D eigenvalue weighted by molar-refractivity contribution is -0.909. The summed E-state index contributed by atoms with van der Waals surface area (Å²) in [5.41, 5.74) is 0.866. The molecule has 3 heteroatoms. The van der Waals surface area contributed by atoms with Gasteiger partial charge in [0.15, 0.2) is 5.75 Å². The van der Waals surface area contributed by atoms with E-state index >= 15 is 0 Å². The summed E-state index contributed by atoms with van der Waals surface area (Å²) in [5, 5.41) is 9.26. The van der Waals surface area contributed by atoms with E-state index in [0.717, 1.165) is 16.8 Å². The number of methoxy groups -OCH3 is 1. The molecule has 0 amide bonds. The smallest absolute Gasteiger partial charge is 0.264 e. The van der Waals surface area contributed by atoms with Crippen LogP contribution in [0.1, 0.15) is 12.6 Å². The van der Waals surface area contributed by atoms with Crippen molar-refractivity contribution in [3.63, 3.8) is 0 Å². The van der Waals surface area contributed by atoms with Gasteiger partial charge in [-0.3, -0.25) is 5.21 Å². The van der Waals surface area contributed by atoms with Crippen molar-refractivity contribution in [3.05, 3.63) is 24.0 Å². The molecule has 60 valence electrons. The summed E-state index contributed by atoms with van der Waals surface area (Å²) >= 11 is 0. The summed E-state index contributed by atoms with van der Waals surface area (Å²) in [7, 11) is 1.57. The van der Waals surface area contributed by atoms with Crippen LogP contribution in [0.3, 0.4) is 0 Å². The largest absolute Gasteiger partial charge is 0.491 e. The average Bonchev–Trinajstić information content (AvgIpc) is 2.04. The number of hydrogen-bond acceptors (Lipinski definition) is 2. The summed E-state index contributed by atoms with van der Waals surface area (Å²) in [6.07, 6.45) is 2.35. The van der Waals surface area contributed by atoms with Crippen molar-refractivity contribution in [2.45, 2.75) is 13.3 Å². The highest BCUT2D eigenvalue weighted by Gasteiger charge is 2.07. The Labute approximate surface area is 65.8 Å². The van der Waals surface area contributed by atoms with Crippen LogP contribution < -0.4 is 9.47 Å². The molecule has 0 unspecified atom stereocenters. The lowest BCUT2D eigenvalue weighted by Gasteiger charge is -1.96. The van der Waals surface area contributed by atoms with Crippen LogP contribution in [-0.2, 0) is 6.42 Å². The van der Waals surface area contributed by atoms with E-state index in [0.29, 0.717) is 5.75 Å². The Balaban J connectivity index is 2.99. The van der Waals surface area contributed by atoms with E-state index in [1.54, 1.807) is 13.3 Å². The highest BCUT2D eigenvalue weighted by atomic mass is 16.5. The maximum Gasteiger partial charge on any atom is 0.264 e. The molecular weight excluding hydrogens is 142 g/mol. The second-order valence-corrected chi connectivity index (χ2v) is 2.26. The minimum atomic E-state index is 0.657. The van der Waals surface area contributed by atoms with Gasteiger partial charge in [0, 0.05) is 17.2 Å². The topological polar surface area (TPSA) is 33.3 Å². The van der Waals surface area contributed by atoms with Crippen LogP contribution in [0.4, 0.5) is 0 Å². The van der Waals surface area contributed by atoms with Gasteiger partial charge < -0.3 is 4.74 Å². The molecule has 0 aromatic carbocycles. The molecule has 0 saturated carbocycles. The van der Waals surface area contributed by atoms with Crippen LogP contribution in [0.25, 0.3) is 0 Å². The fraction of sp³-hybridized carbons (Fsp3) is 0.375. The third-order valence-electron chi connectivity index (χ3n) is 1.58. The molecule has 1 rings (SSSR count). The van der Waals surface area contributed by atoms with Crippen molar-refractivity contribution >= 4 is 0 Å². The van der Waals surface area contributed by atoms with Crippen LogP contribution in [0.15, 0.2) is 18.3 Å². The molecule has 0 aliphatic heterocycles. The first kappa shape index (κ1) is 7.85. The minimum Gasteiger partial charge on any atom is -0.491 e. The molecule has 0 radical (unpaired) electrons. The van der Waals surface area contributed by atoms with Crippen molar-refractivity contribution in [3.8, 4) is 5.75 Å². The number of rotatable bonds is 2. The van der Waals surface area contributed by atoms with E-state index in [9.17, 15) is 5.21 Å². The van der Waals surface area contributed by atoms with Gasteiger partial charge in [0.2, 0.25) is 5.69 Å². The first-order valence-electron chi connectivity index (χ1n) is 3.55. The fourth-order valence-electron chi connectivity index (χ4n) is 0.902. The van der Waals surface area contributed by atoms with Gasteiger partial charge >= 0.3 is 0 Å². The van der Waals surface area contributed by atoms with E-state index in [-0.39, 0.29) is 0 Å². The molecule has 0 aliphatic rings. The second-order valence-electron chi connectivity index (χ2n) is 2.26. The molecule has 0 aliphatic carbocycles. The van der Waals surface area contributed by atoms with Gasteiger partial charge in [0.05, 0.1) is 7.11 Å². The SMILES string of the molecule is CCc1ccc(OC)c[n+]1O. The third-order valence-corrected chi connectivity index (χ3v) is 1.58. The molecular formula is C8H12NO2+. The molecule has 0 atom stereocenters. The Hall–Kier alpha value is -1.25. The molecule has 0 saturated heterocycles. The summed E-state index contributed by atoms with van der Waals surface area (Å²) < 4.78 is 6.00. The van der Waals surface area contributed by atoms with Crippen molar-refractivity contribution in [2.24, 2.45) is 0 Å². The van der Waals surface area contributed by atoms with Crippen molar-refractivity contribution in [2.75, 3.05) is 7.11 Å². The van der Waals surface area contributed by atoms with Gasteiger partial charge in [-0.05, 0) is 6.07 Å². The van der Waals surface area contributed by atoms with Gasteiger partial charge in [-0.1, -0.05) is 6.92 Å². The van der Waals surface area contributed by atoms with E-state index in [4.69, 9.17) is 4.74 Å². The van der Waals surface area contributed by atoms with Crippen molar-refractivity contribution in [1.29, 1.82) is 0 Å². The molecule has 1 aromatic heterocycles. The maximum atomic E-state index is 9.26. The van der Waals surface area contributed by atoms with Gasteiger partial charge in [0.25, 0.3) is 6.20 Å². The van der Waals surface area contributed by atoms with Crippen LogP contribution in [0, 0.1) is 0 Å². The highest BCUT2D eigenvalue weighted by Crippen LogP contribution is 2.05. The van der Waals surface area contributed by atoms with Gasteiger partial charge in [-0.15, -0.1) is 0 Å². The number of hydrogen-bond donors (Lipinski definition) is 1. The number of aromatic nitrogens is 1. The zero-order valence-corrected chi connectivity index (χ0v) is 6.74. The Morgan fingerprint density at radius 2 is 2.27 bits per heavy atom. The Kier molecular flexibility index (Phi) is 2.31. The van der Waals surface area contributed by atoms with Crippen LogP contribution in [0.5, 0.6) is 5.75 Å². The lowest BCUT2D eigenvalue weighted by atomic mass is 10.3. The third kappa shape index (κ3) is 1.61. The minimum absolute atomic E-state index is 0.657. The number of ether oxygens (including phenoxy) is 1. The first-order valence-corrected chi connectivity index (χ1v) is 3.55. The predicted molar refractivity (Wildman–Crippen MR) is 39.8 cm³/mol. The van der Waals surface area contributed by atoms with Crippen molar-refractivity contribution in [1.82, 2.24) is 0 Å². The average molecular weight is 154 g/mol. The monoisotopic (exact) mass is 154 g/mol. The molecule has 1 heterocycles. The van der Waals surface area contributed by atoms with E-state index in [1.807, 2.05) is 19.1 Å². The fourth-order valence-corrected chi connectivity index (χ4v) is 0.902. The van der Waals surface area contributed by atoms with E-state index in [2.05, 4.69) is 0 Å². The molecule has 1 aromatic rings. The molecule has 3 nitrogen and oxygen atoms in total. The van der Waals surface area contributed by atoms with Gasteiger partial charge in [-0.25, -0.2) is 0 Å². The zero-order chi connectivity index (χ0) is 8.27. The van der Waals surface area contributed by atoms with Crippen LogP contribution in [-0.4, -0.2) is 12.3 Å². The zero-order valence-electron chi connectivity index (χ0n) is 6.74. The number of nitrogens with zero attached hydrogens (tertiary/aromatic N) is 1. The quantitative estimate of drug-likeness (QED) is 0.504. The number of aryl methyl sites for hydroxylation is 1. The van der Waals surface area contributed by atoms with Gasteiger partial charge in [-0.2, -0.15) is 0 Å². The number of pyridine rings is 1. The standard InChI is InChI=1S/C8H12NO2/c1-3-7-4-5-8(11-2)6-9(7)10/h4-6,10H,3H2,1-2H3/q+1. The Morgan fingerprint density at radius 1 is 1.55 bits per heavy atom. The second kappa shape index (κ2) is 3.23. The summed E-state index contributed by atoms with van der Waals surface area (Å²) in [6.45, 7) is 1.98. The van der Waals surface area contributed by atoms with Gasteiger partial charge in [0.1, 0.15) is 0 Å². The molecule has 0 bridgehead atoms. The van der Waals surface area contributed by atoms with Crippen LogP contribution in [0.2, 0.25) is 0 Å². The maximum absolute atomic E-state index is 9.26. The molecule has 0 spiro atoms. The summed E-state index contributed by atoms with van der Waals surface area (Å²) in [4.78, 5) is 0. The summed E-state index contributed by atoms with van der Waals surface area (Å²) in [5.74, 6) is 0.657. The first-order chi connectivity index (χ1) is 5.27. The highest BCUT2D eigenvalue weighted by molar-refractivity contribution is 5.15. The van der Waals surface area contributed by atoms with Crippen LogP contribution >= 0.6 is 0 Å². The molecule has 1 N–H and O–H groups in total. The lowest BCUT2D eigenvalue weighted by Crippen LogP contribution is -2.34. The van der Waals surface area contributed by atoms with E-state index in [1.165, 1.54) is 0 Å². The van der Waals surface area contributed by atoms with E-state index < -0.39 is 0 Å². The predicted octanol–water partition coefficient (Wildman–Crippen LogP) is 0.782.